The van der Waals surface area contributed by atoms with Crippen molar-refractivity contribution < 1.29 is 0 Å². The molecular formula is C11H25P. The molecule has 0 aromatic rings. The summed E-state index contributed by atoms with van der Waals surface area (Å²) in [7, 11) is 2.85. The molecule has 0 aromatic carbocycles. The van der Waals surface area contributed by atoms with Crippen molar-refractivity contribution in [3.8, 4) is 0 Å². The van der Waals surface area contributed by atoms with Gasteiger partial charge in [-0.25, -0.2) is 0 Å². The average Bonchev–Trinajstić information content (AvgIpc) is 2.10. The molecule has 0 amide bonds. The second kappa shape index (κ2) is 8.05. The minimum Gasteiger partial charge on any atom is -0.137 e. The van der Waals surface area contributed by atoms with Crippen LogP contribution in [-0.2, 0) is 0 Å². The van der Waals surface area contributed by atoms with Gasteiger partial charge in [-0.3, -0.25) is 0 Å². The zero-order chi connectivity index (χ0) is 9.40. The van der Waals surface area contributed by atoms with E-state index in [-0.39, 0.29) is 0 Å². The van der Waals surface area contributed by atoms with Crippen LogP contribution in [0.1, 0.15) is 52.9 Å². The molecule has 0 N–H and O–H groups in total. The van der Waals surface area contributed by atoms with Gasteiger partial charge in [-0.1, -0.05) is 52.9 Å². The number of unbranched alkanes of at least 4 members (excludes halogenated alkanes) is 3. The first-order valence-corrected chi connectivity index (χ1v) is 6.24. The smallest absolute Gasteiger partial charge is 0.0353 e. The third-order valence-corrected chi connectivity index (χ3v) is 3.60. The molecule has 0 radical (unpaired) electrons. The molecule has 0 aromatic heterocycles. The highest BCUT2D eigenvalue weighted by atomic mass is 31.0. The third-order valence-electron chi connectivity index (χ3n) is 2.86. The maximum absolute atomic E-state index is 2.85. The minimum atomic E-state index is 0.886. The van der Waals surface area contributed by atoms with E-state index in [9.17, 15) is 0 Å². The van der Waals surface area contributed by atoms with Crippen LogP contribution in [0, 0.1) is 11.8 Å². The van der Waals surface area contributed by atoms with E-state index in [1.165, 1.54) is 38.3 Å². The van der Waals surface area contributed by atoms with E-state index in [1.54, 1.807) is 0 Å². The van der Waals surface area contributed by atoms with Gasteiger partial charge in [-0.15, -0.1) is 9.24 Å². The summed E-state index contributed by atoms with van der Waals surface area (Å²) in [5.74, 6) is 1.80. The molecule has 3 unspecified atom stereocenters. The lowest BCUT2D eigenvalue weighted by Crippen LogP contribution is -2.08. The summed E-state index contributed by atoms with van der Waals surface area (Å²) in [6.07, 6.45) is 8.33. The van der Waals surface area contributed by atoms with E-state index in [0.717, 1.165) is 11.8 Å². The van der Waals surface area contributed by atoms with Crippen molar-refractivity contribution in [2.24, 2.45) is 11.8 Å². The Balaban J connectivity index is 3.24. The summed E-state index contributed by atoms with van der Waals surface area (Å²) < 4.78 is 0. The predicted octanol–water partition coefficient (Wildman–Crippen LogP) is 4.10. The van der Waals surface area contributed by atoms with Crippen LogP contribution in [0.3, 0.4) is 0 Å². The van der Waals surface area contributed by atoms with E-state index in [1.807, 2.05) is 0 Å². The Kier molecular flexibility index (Phi) is 8.34. The fraction of sp³-hybridized carbons (Fsp3) is 1.00. The Labute approximate surface area is 80.7 Å². The van der Waals surface area contributed by atoms with Gasteiger partial charge in [-0.2, -0.15) is 0 Å². The Morgan fingerprint density at radius 1 is 1.00 bits per heavy atom. The molecule has 0 heterocycles. The monoisotopic (exact) mass is 188 g/mol. The van der Waals surface area contributed by atoms with E-state index in [2.05, 4.69) is 30.0 Å². The summed E-state index contributed by atoms with van der Waals surface area (Å²) in [5.41, 5.74) is 0. The van der Waals surface area contributed by atoms with Crippen molar-refractivity contribution in [3.63, 3.8) is 0 Å². The van der Waals surface area contributed by atoms with Gasteiger partial charge < -0.3 is 0 Å². The molecular weight excluding hydrogens is 163 g/mol. The summed E-state index contributed by atoms with van der Waals surface area (Å²) in [6, 6.07) is 0. The Hall–Kier alpha value is 0.430. The topological polar surface area (TPSA) is 0 Å². The van der Waals surface area contributed by atoms with Gasteiger partial charge >= 0.3 is 0 Å². The first-order chi connectivity index (χ1) is 5.72. The molecule has 0 nitrogen and oxygen atoms in total. The fourth-order valence-electron chi connectivity index (χ4n) is 1.41. The van der Waals surface area contributed by atoms with E-state index >= 15 is 0 Å². The molecule has 0 bridgehead atoms. The van der Waals surface area contributed by atoms with Gasteiger partial charge in [0.05, 0.1) is 0 Å². The molecule has 0 aliphatic carbocycles. The largest absolute Gasteiger partial charge is 0.137 e. The van der Waals surface area contributed by atoms with Crippen LogP contribution < -0.4 is 0 Å². The third kappa shape index (κ3) is 6.00. The molecule has 0 aliphatic rings. The molecule has 0 saturated carbocycles. The highest BCUT2D eigenvalue weighted by Gasteiger charge is 2.08. The molecule has 1 heteroatoms. The van der Waals surface area contributed by atoms with Crippen molar-refractivity contribution in [1.29, 1.82) is 0 Å². The quantitative estimate of drug-likeness (QED) is 0.417. The molecule has 12 heavy (non-hydrogen) atoms. The molecule has 0 fully saturated rings. The van der Waals surface area contributed by atoms with Gasteiger partial charge in [0.15, 0.2) is 0 Å². The SMILES string of the molecule is CCCCCCC(C)C(C)CP. The van der Waals surface area contributed by atoms with Crippen molar-refractivity contribution in [3.05, 3.63) is 0 Å². The highest BCUT2D eigenvalue weighted by Crippen LogP contribution is 2.20. The average molecular weight is 188 g/mol. The zero-order valence-corrected chi connectivity index (χ0v) is 10.1. The number of rotatable bonds is 7. The van der Waals surface area contributed by atoms with Gasteiger partial charge in [0.25, 0.3) is 0 Å². The minimum absolute atomic E-state index is 0.886. The van der Waals surface area contributed by atoms with Crippen LogP contribution in [0.4, 0.5) is 0 Å². The van der Waals surface area contributed by atoms with E-state index < -0.39 is 0 Å². The second-order valence-corrected chi connectivity index (χ2v) is 4.51. The summed E-state index contributed by atoms with van der Waals surface area (Å²) in [4.78, 5) is 0. The fourth-order valence-corrected chi connectivity index (χ4v) is 1.87. The van der Waals surface area contributed by atoms with Crippen LogP contribution >= 0.6 is 9.24 Å². The lowest BCUT2D eigenvalue weighted by atomic mass is 9.92. The first kappa shape index (κ1) is 12.4. The van der Waals surface area contributed by atoms with Crippen LogP contribution in [0.5, 0.6) is 0 Å². The van der Waals surface area contributed by atoms with Gasteiger partial charge in [0, 0.05) is 0 Å². The van der Waals surface area contributed by atoms with Crippen molar-refractivity contribution in [2.45, 2.75) is 52.9 Å². The summed E-state index contributed by atoms with van der Waals surface area (Å²) in [6.45, 7) is 7.02. The lowest BCUT2D eigenvalue weighted by molar-refractivity contribution is 0.381. The normalized spacial score (nSPS) is 16.0. The maximum atomic E-state index is 2.85. The van der Waals surface area contributed by atoms with E-state index in [4.69, 9.17) is 0 Å². The van der Waals surface area contributed by atoms with Crippen molar-refractivity contribution in [1.82, 2.24) is 0 Å². The van der Waals surface area contributed by atoms with Gasteiger partial charge in [0.1, 0.15) is 0 Å². The maximum Gasteiger partial charge on any atom is -0.0353 e. The molecule has 0 aliphatic heterocycles. The van der Waals surface area contributed by atoms with Gasteiger partial charge in [-0.05, 0) is 18.0 Å². The van der Waals surface area contributed by atoms with Crippen LogP contribution in [0.15, 0.2) is 0 Å². The first-order valence-electron chi connectivity index (χ1n) is 5.42. The Morgan fingerprint density at radius 3 is 2.17 bits per heavy atom. The van der Waals surface area contributed by atoms with Crippen LogP contribution in [0.2, 0.25) is 0 Å². The molecule has 3 atom stereocenters. The van der Waals surface area contributed by atoms with Crippen molar-refractivity contribution in [2.75, 3.05) is 6.16 Å². The number of hydrogen-bond donors (Lipinski definition) is 0. The molecule has 0 saturated heterocycles. The second-order valence-electron chi connectivity index (χ2n) is 4.04. The Bertz CT molecular complexity index is 91.0. The highest BCUT2D eigenvalue weighted by molar-refractivity contribution is 7.16. The molecule has 0 rings (SSSR count). The van der Waals surface area contributed by atoms with E-state index in [0.29, 0.717) is 0 Å². The van der Waals surface area contributed by atoms with Crippen LogP contribution in [0.25, 0.3) is 0 Å². The predicted molar refractivity (Wildman–Crippen MR) is 61.7 cm³/mol. The van der Waals surface area contributed by atoms with Crippen molar-refractivity contribution >= 4 is 9.24 Å². The van der Waals surface area contributed by atoms with Gasteiger partial charge in [0.2, 0.25) is 0 Å². The Morgan fingerprint density at radius 2 is 1.67 bits per heavy atom. The lowest BCUT2D eigenvalue weighted by Gasteiger charge is -2.17. The summed E-state index contributed by atoms with van der Waals surface area (Å²) >= 11 is 0. The standard InChI is InChI=1S/C11H25P/c1-4-5-6-7-8-10(2)11(3)9-12/h10-11H,4-9,12H2,1-3H3. The molecule has 0 spiro atoms. The molecule has 74 valence electrons. The zero-order valence-electron chi connectivity index (χ0n) is 8.97. The van der Waals surface area contributed by atoms with Crippen LogP contribution in [-0.4, -0.2) is 6.16 Å². The number of hydrogen-bond acceptors (Lipinski definition) is 0. The summed E-state index contributed by atoms with van der Waals surface area (Å²) in [5, 5.41) is 0.